The molecule has 1 atom stereocenters. The molecule has 6 heteroatoms. The van der Waals surface area contributed by atoms with Gasteiger partial charge in [-0.25, -0.2) is 4.79 Å². The minimum absolute atomic E-state index is 0.0803. The molecule has 0 aromatic heterocycles. The third-order valence-electron chi connectivity index (χ3n) is 2.57. The first kappa shape index (κ1) is 15.5. The van der Waals surface area contributed by atoms with Crippen molar-refractivity contribution < 1.29 is 24.5 Å². The van der Waals surface area contributed by atoms with Crippen LogP contribution in [0.2, 0.25) is 5.02 Å². The van der Waals surface area contributed by atoms with Gasteiger partial charge in [0.2, 0.25) is 0 Å². The molecule has 0 radical (unpaired) electrons. The molecular formula is C13H15ClO5. The van der Waals surface area contributed by atoms with Gasteiger partial charge in [0, 0.05) is 11.4 Å². The maximum atomic E-state index is 11.3. The zero-order valence-electron chi connectivity index (χ0n) is 10.4. The normalized spacial score (nSPS) is 11.9. The van der Waals surface area contributed by atoms with Gasteiger partial charge in [0.05, 0.1) is 6.61 Å². The van der Waals surface area contributed by atoms with E-state index in [1.165, 1.54) is 6.07 Å². The molecule has 0 bridgehead atoms. The molecule has 2 N–H and O–H groups in total. The molecule has 0 saturated heterocycles. The highest BCUT2D eigenvalue weighted by molar-refractivity contribution is 6.31. The van der Waals surface area contributed by atoms with Crippen molar-refractivity contribution in [1.29, 1.82) is 0 Å². The fraction of sp³-hybridized carbons (Fsp3) is 0.385. The molecule has 0 aliphatic carbocycles. The van der Waals surface area contributed by atoms with Gasteiger partial charge in [0.15, 0.2) is 6.10 Å². The van der Waals surface area contributed by atoms with E-state index in [0.717, 1.165) is 0 Å². The first-order chi connectivity index (χ1) is 8.97. The molecular weight excluding hydrogens is 272 g/mol. The van der Waals surface area contributed by atoms with Crippen molar-refractivity contribution in [3.05, 3.63) is 34.3 Å². The Kier molecular flexibility index (Phi) is 5.79. The fourth-order valence-electron chi connectivity index (χ4n) is 1.69. The van der Waals surface area contributed by atoms with Crippen molar-refractivity contribution in [3.63, 3.8) is 0 Å². The fourth-order valence-corrected chi connectivity index (χ4v) is 1.96. The lowest BCUT2D eigenvalue weighted by Gasteiger charge is -2.13. The molecule has 0 fully saturated rings. The van der Waals surface area contributed by atoms with Crippen LogP contribution < -0.4 is 0 Å². The lowest BCUT2D eigenvalue weighted by molar-refractivity contribution is -0.147. The summed E-state index contributed by atoms with van der Waals surface area (Å²) in [7, 11) is 0. The molecule has 1 aromatic carbocycles. The monoisotopic (exact) mass is 286 g/mol. The van der Waals surface area contributed by atoms with Gasteiger partial charge in [0.25, 0.3) is 0 Å². The topological polar surface area (TPSA) is 83.8 Å². The number of carbonyl (C=O) groups excluding carboxylic acids is 1. The first-order valence-corrected chi connectivity index (χ1v) is 6.19. The summed E-state index contributed by atoms with van der Waals surface area (Å²) in [4.78, 5) is 22.1. The predicted molar refractivity (Wildman–Crippen MR) is 69.0 cm³/mol. The molecule has 5 nitrogen and oxygen atoms in total. The molecule has 0 amide bonds. The highest BCUT2D eigenvalue weighted by Gasteiger charge is 2.21. The Balaban J connectivity index is 2.92. The SMILES string of the molecule is CCOC(=O)CCc1c(Cl)cccc1C(O)C(=O)O. The van der Waals surface area contributed by atoms with Gasteiger partial charge in [-0.15, -0.1) is 0 Å². The average Bonchev–Trinajstić information content (AvgIpc) is 2.36. The Morgan fingerprint density at radius 3 is 2.68 bits per heavy atom. The summed E-state index contributed by atoms with van der Waals surface area (Å²) in [5.74, 6) is -1.75. The van der Waals surface area contributed by atoms with Gasteiger partial charge >= 0.3 is 11.9 Å². The lowest BCUT2D eigenvalue weighted by Crippen LogP contribution is -2.14. The standard InChI is InChI=1S/C13H15ClO5/c1-2-19-11(15)7-6-8-9(12(16)13(17)18)4-3-5-10(8)14/h3-5,12,16H,2,6-7H2,1H3,(H,17,18). The lowest BCUT2D eigenvalue weighted by atomic mass is 9.98. The molecule has 1 unspecified atom stereocenters. The molecule has 0 aliphatic heterocycles. The number of aliphatic carboxylic acids is 1. The number of hydrogen-bond acceptors (Lipinski definition) is 4. The summed E-state index contributed by atoms with van der Waals surface area (Å²) in [6, 6.07) is 4.61. The third-order valence-corrected chi connectivity index (χ3v) is 2.92. The molecule has 0 heterocycles. The second-order valence-corrected chi connectivity index (χ2v) is 4.26. The number of carboxylic acids is 1. The van der Waals surface area contributed by atoms with Crippen LogP contribution in [0.1, 0.15) is 30.6 Å². The van der Waals surface area contributed by atoms with Gasteiger partial charge < -0.3 is 14.9 Å². The zero-order chi connectivity index (χ0) is 14.4. The Morgan fingerprint density at radius 1 is 1.42 bits per heavy atom. The number of rotatable bonds is 6. The van der Waals surface area contributed by atoms with Gasteiger partial charge in [0.1, 0.15) is 0 Å². The predicted octanol–water partition coefficient (Wildman–Crippen LogP) is 1.95. The number of hydrogen-bond donors (Lipinski definition) is 2. The van der Waals surface area contributed by atoms with E-state index in [1.807, 2.05) is 0 Å². The van der Waals surface area contributed by atoms with Crippen LogP contribution >= 0.6 is 11.6 Å². The van der Waals surface area contributed by atoms with E-state index < -0.39 is 18.0 Å². The van der Waals surface area contributed by atoms with Gasteiger partial charge in [-0.3, -0.25) is 4.79 Å². The van der Waals surface area contributed by atoms with Crippen LogP contribution in [0.3, 0.4) is 0 Å². The Bertz CT molecular complexity index is 472. The summed E-state index contributed by atoms with van der Waals surface area (Å²) in [5.41, 5.74) is 0.649. The maximum absolute atomic E-state index is 11.3. The molecule has 1 rings (SSSR count). The van der Waals surface area contributed by atoms with Gasteiger partial charge in [-0.2, -0.15) is 0 Å². The third kappa shape index (κ3) is 4.22. The number of carbonyl (C=O) groups is 2. The van der Waals surface area contributed by atoms with Crippen LogP contribution in [0.15, 0.2) is 18.2 Å². The summed E-state index contributed by atoms with van der Waals surface area (Å²) < 4.78 is 4.79. The number of ether oxygens (including phenoxy) is 1. The van der Waals surface area contributed by atoms with Crippen molar-refractivity contribution in [2.45, 2.75) is 25.9 Å². The van der Waals surface area contributed by atoms with Crippen LogP contribution in [0.25, 0.3) is 0 Å². The molecule has 1 aromatic rings. The van der Waals surface area contributed by atoms with Crippen LogP contribution in [0.4, 0.5) is 0 Å². The van der Waals surface area contributed by atoms with Crippen molar-refractivity contribution in [1.82, 2.24) is 0 Å². The van der Waals surface area contributed by atoms with Crippen molar-refractivity contribution in [2.24, 2.45) is 0 Å². The number of esters is 1. The van der Waals surface area contributed by atoms with E-state index in [4.69, 9.17) is 21.4 Å². The van der Waals surface area contributed by atoms with E-state index >= 15 is 0 Å². The number of benzene rings is 1. The van der Waals surface area contributed by atoms with E-state index in [9.17, 15) is 14.7 Å². The van der Waals surface area contributed by atoms with Crippen molar-refractivity contribution >= 4 is 23.5 Å². The smallest absolute Gasteiger partial charge is 0.337 e. The van der Waals surface area contributed by atoms with Crippen LogP contribution in [-0.4, -0.2) is 28.8 Å². The van der Waals surface area contributed by atoms with Crippen LogP contribution in [0.5, 0.6) is 0 Å². The molecule has 19 heavy (non-hydrogen) atoms. The van der Waals surface area contributed by atoms with Crippen molar-refractivity contribution in [2.75, 3.05) is 6.61 Å². The minimum Gasteiger partial charge on any atom is -0.479 e. The summed E-state index contributed by atoms with van der Waals surface area (Å²) >= 11 is 5.98. The molecule has 104 valence electrons. The van der Waals surface area contributed by atoms with E-state index in [-0.39, 0.29) is 25.0 Å². The van der Waals surface area contributed by atoms with E-state index in [0.29, 0.717) is 10.6 Å². The number of halogens is 1. The summed E-state index contributed by atoms with van der Waals surface area (Å²) in [6.45, 7) is 1.99. The second-order valence-electron chi connectivity index (χ2n) is 3.85. The average molecular weight is 287 g/mol. The highest BCUT2D eigenvalue weighted by atomic mass is 35.5. The van der Waals surface area contributed by atoms with Crippen LogP contribution in [0, 0.1) is 0 Å². The Hall–Kier alpha value is -1.59. The van der Waals surface area contributed by atoms with Crippen molar-refractivity contribution in [3.8, 4) is 0 Å². The van der Waals surface area contributed by atoms with E-state index in [2.05, 4.69) is 0 Å². The Morgan fingerprint density at radius 2 is 2.11 bits per heavy atom. The molecule has 0 spiro atoms. The number of aliphatic hydroxyl groups excluding tert-OH is 1. The minimum atomic E-state index is -1.66. The molecule has 0 aliphatic rings. The summed E-state index contributed by atoms with van der Waals surface area (Å²) in [5, 5.41) is 18.7. The van der Waals surface area contributed by atoms with Crippen LogP contribution in [-0.2, 0) is 20.7 Å². The quantitative estimate of drug-likeness (QED) is 0.781. The van der Waals surface area contributed by atoms with E-state index in [1.54, 1.807) is 19.1 Å². The van der Waals surface area contributed by atoms with Gasteiger partial charge in [-0.05, 0) is 30.5 Å². The Labute approximate surface area is 115 Å². The largest absolute Gasteiger partial charge is 0.479 e. The summed E-state index contributed by atoms with van der Waals surface area (Å²) in [6.07, 6.45) is -1.36. The number of aliphatic hydroxyl groups is 1. The zero-order valence-corrected chi connectivity index (χ0v) is 11.2. The maximum Gasteiger partial charge on any atom is 0.337 e. The molecule has 0 saturated carbocycles. The number of carboxylic acid groups (broad SMARTS) is 1. The van der Waals surface area contributed by atoms with Gasteiger partial charge in [-0.1, -0.05) is 23.7 Å². The highest BCUT2D eigenvalue weighted by Crippen LogP contribution is 2.26. The second kappa shape index (κ2) is 7.11. The first-order valence-electron chi connectivity index (χ1n) is 5.81.